The van der Waals surface area contributed by atoms with Gasteiger partial charge in [-0.15, -0.1) is 0 Å². The standard InChI is InChI=1S/C15H16ClN3O2/c16-12-1-2-13-10(8-12)7-11(9-21-13)15(20)19-4-3-14-17-5-6-18-14/h1-2,5-6,8,11H,3-4,7,9H2,(H,17,18)(H,19,20)/t11-/m1/s1. The third kappa shape index (κ3) is 3.36. The summed E-state index contributed by atoms with van der Waals surface area (Å²) in [6.45, 7) is 0.965. The molecule has 0 bridgehead atoms. The van der Waals surface area contributed by atoms with E-state index < -0.39 is 0 Å². The largest absolute Gasteiger partial charge is 0.492 e. The van der Waals surface area contributed by atoms with Crippen LogP contribution in [0.1, 0.15) is 11.4 Å². The van der Waals surface area contributed by atoms with Crippen molar-refractivity contribution >= 4 is 17.5 Å². The highest BCUT2D eigenvalue weighted by Crippen LogP contribution is 2.29. The van der Waals surface area contributed by atoms with Crippen molar-refractivity contribution in [3.63, 3.8) is 0 Å². The third-order valence-corrected chi connectivity index (χ3v) is 3.75. The molecule has 0 fully saturated rings. The van der Waals surface area contributed by atoms with Gasteiger partial charge in [-0.2, -0.15) is 0 Å². The molecular weight excluding hydrogens is 290 g/mol. The highest BCUT2D eigenvalue weighted by molar-refractivity contribution is 6.30. The summed E-state index contributed by atoms with van der Waals surface area (Å²) in [6, 6.07) is 5.51. The van der Waals surface area contributed by atoms with Gasteiger partial charge in [0.2, 0.25) is 5.91 Å². The highest BCUT2D eigenvalue weighted by Gasteiger charge is 2.25. The fraction of sp³-hybridized carbons (Fsp3) is 0.333. The lowest BCUT2D eigenvalue weighted by Gasteiger charge is -2.24. The van der Waals surface area contributed by atoms with Crippen molar-refractivity contribution in [3.8, 4) is 5.75 Å². The SMILES string of the molecule is O=C(NCCc1ncc[nH]1)[C@H]1COc2ccc(Cl)cc2C1. The number of amides is 1. The molecule has 110 valence electrons. The molecule has 0 aliphatic carbocycles. The topological polar surface area (TPSA) is 67.0 Å². The number of H-pyrrole nitrogens is 1. The average molecular weight is 306 g/mol. The molecule has 1 amide bonds. The van der Waals surface area contributed by atoms with Crippen molar-refractivity contribution in [2.75, 3.05) is 13.2 Å². The first-order chi connectivity index (χ1) is 10.2. The number of aromatic amines is 1. The molecule has 1 aromatic heterocycles. The van der Waals surface area contributed by atoms with Gasteiger partial charge in [-0.1, -0.05) is 11.6 Å². The average Bonchev–Trinajstić information content (AvgIpc) is 2.99. The molecule has 21 heavy (non-hydrogen) atoms. The number of benzene rings is 1. The van der Waals surface area contributed by atoms with Crippen LogP contribution in [0.2, 0.25) is 5.02 Å². The lowest BCUT2D eigenvalue weighted by atomic mass is 9.96. The quantitative estimate of drug-likeness (QED) is 0.907. The molecule has 2 N–H and O–H groups in total. The Morgan fingerprint density at radius 2 is 2.43 bits per heavy atom. The first kappa shape index (κ1) is 13.9. The number of ether oxygens (including phenoxy) is 1. The maximum Gasteiger partial charge on any atom is 0.226 e. The summed E-state index contributed by atoms with van der Waals surface area (Å²) in [5.41, 5.74) is 0.986. The summed E-state index contributed by atoms with van der Waals surface area (Å²) in [4.78, 5) is 19.3. The van der Waals surface area contributed by atoms with Crippen LogP contribution in [-0.4, -0.2) is 29.0 Å². The van der Waals surface area contributed by atoms with Crippen LogP contribution in [0.3, 0.4) is 0 Å². The van der Waals surface area contributed by atoms with Crippen LogP contribution in [0.15, 0.2) is 30.6 Å². The third-order valence-electron chi connectivity index (χ3n) is 3.52. The monoisotopic (exact) mass is 305 g/mol. The van der Waals surface area contributed by atoms with Gasteiger partial charge in [0.05, 0.1) is 5.92 Å². The molecular formula is C15H16ClN3O2. The number of imidazole rings is 1. The van der Waals surface area contributed by atoms with Crippen LogP contribution in [0.25, 0.3) is 0 Å². The molecule has 1 aliphatic rings. The molecule has 6 heteroatoms. The number of hydrogen-bond acceptors (Lipinski definition) is 3. The van der Waals surface area contributed by atoms with E-state index in [4.69, 9.17) is 16.3 Å². The maximum absolute atomic E-state index is 12.2. The Labute approximate surface area is 127 Å². The summed E-state index contributed by atoms with van der Waals surface area (Å²) in [7, 11) is 0. The Hall–Kier alpha value is -2.01. The summed E-state index contributed by atoms with van der Waals surface area (Å²) in [5, 5.41) is 3.59. The minimum Gasteiger partial charge on any atom is -0.492 e. The molecule has 0 radical (unpaired) electrons. The Bertz CT molecular complexity index is 628. The van der Waals surface area contributed by atoms with E-state index in [1.54, 1.807) is 18.5 Å². The fourth-order valence-electron chi connectivity index (χ4n) is 2.41. The zero-order chi connectivity index (χ0) is 14.7. The number of rotatable bonds is 4. The first-order valence-corrected chi connectivity index (χ1v) is 7.27. The van der Waals surface area contributed by atoms with E-state index in [1.807, 2.05) is 12.1 Å². The second kappa shape index (κ2) is 6.18. The van der Waals surface area contributed by atoms with Crippen LogP contribution >= 0.6 is 11.6 Å². The number of aromatic nitrogens is 2. The predicted octanol–water partition coefficient (Wildman–Crippen LogP) is 1.97. The molecule has 0 saturated carbocycles. The van der Waals surface area contributed by atoms with E-state index in [9.17, 15) is 4.79 Å². The number of carbonyl (C=O) groups is 1. The number of nitrogens with one attached hydrogen (secondary N) is 2. The number of hydrogen-bond donors (Lipinski definition) is 2. The Morgan fingerprint density at radius 1 is 1.52 bits per heavy atom. The number of fused-ring (bicyclic) bond motifs is 1. The first-order valence-electron chi connectivity index (χ1n) is 6.89. The van der Waals surface area contributed by atoms with Crippen LogP contribution in [0, 0.1) is 5.92 Å². The van der Waals surface area contributed by atoms with Crippen molar-refractivity contribution in [1.82, 2.24) is 15.3 Å². The van der Waals surface area contributed by atoms with Gasteiger partial charge in [0.1, 0.15) is 18.2 Å². The molecule has 5 nitrogen and oxygen atoms in total. The Balaban J connectivity index is 1.54. The van der Waals surface area contributed by atoms with Gasteiger partial charge in [0, 0.05) is 30.4 Å². The summed E-state index contributed by atoms with van der Waals surface area (Å²) in [5.74, 6) is 1.52. The van der Waals surface area contributed by atoms with E-state index in [0.717, 1.165) is 17.1 Å². The van der Waals surface area contributed by atoms with Crippen molar-refractivity contribution in [2.24, 2.45) is 5.92 Å². The van der Waals surface area contributed by atoms with E-state index in [-0.39, 0.29) is 11.8 Å². The minimum atomic E-state index is -0.174. The number of halogens is 1. The zero-order valence-electron chi connectivity index (χ0n) is 11.4. The van der Waals surface area contributed by atoms with Crippen molar-refractivity contribution < 1.29 is 9.53 Å². The molecule has 2 aromatic rings. The fourth-order valence-corrected chi connectivity index (χ4v) is 2.61. The molecule has 2 heterocycles. The summed E-state index contributed by atoms with van der Waals surface area (Å²) in [6.07, 6.45) is 4.82. The highest BCUT2D eigenvalue weighted by atomic mass is 35.5. The lowest BCUT2D eigenvalue weighted by Crippen LogP contribution is -2.38. The Morgan fingerprint density at radius 3 is 3.24 bits per heavy atom. The van der Waals surface area contributed by atoms with E-state index in [2.05, 4.69) is 15.3 Å². The Kier molecular flexibility index (Phi) is 4.10. The molecule has 1 aromatic carbocycles. The van der Waals surface area contributed by atoms with E-state index in [0.29, 0.717) is 31.0 Å². The molecule has 3 rings (SSSR count). The van der Waals surface area contributed by atoms with Crippen LogP contribution in [-0.2, 0) is 17.6 Å². The zero-order valence-corrected chi connectivity index (χ0v) is 12.2. The van der Waals surface area contributed by atoms with Gasteiger partial charge in [-0.05, 0) is 30.2 Å². The lowest BCUT2D eigenvalue weighted by molar-refractivity contribution is -0.126. The molecule has 0 unspecified atom stereocenters. The van der Waals surface area contributed by atoms with Gasteiger partial charge < -0.3 is 15.0 Å². The second-order valence-corrected chi connectivity index (χ2v) is 5.48. The van der Waals surface area contributed by atoms with Crippen molar-refractivity contribution in [1.29, 1.82) is 0 Å². The molecule has 1 atom stereocenters. The van der Waals surface area contributed by atoms with Gasteiger partial charge in [0.15, 0.2) is 0 Å². The second-order valence-electron chi connectivity index (χ2n) is 5.04. The van der Waals surface area contributed by atoms with Crippen LogP contribution < -0.4 is 10.1 Å². The predicted molar refractivity (Wildman–Crippen MR) is 79.4 cm³/mol. The summed E-state index contributed by atoms with van der Waals surface area (Å²) >= 11 is 5.98. The summed E-state index contributed by atoms with van der Waals surface area (Å²) < 4.78 is 5.63. The normalized spacial score (nSPS) is 16.9. The van der Waals surface area contributed by atoms with Crippen molar-refractivity contribution in [2.45, 2.75) is 12.8 Å². The van der Waals surface area contributed by atoms with E-state index in [1.165, 1.54) is 0 Å². The number of nitrogens with zero attached hydrogens (tertiary/aromatic N) is 1. The van der Waals surface area contributed by atoms with Gasteiger partial charge in [-0.3, -0.25) is 4.79 Å². The smallest absolute Gasteiger partial charge is 0.226 e. The van der Waals surface area contributed by atoms with Crippen LogP contribution in [0.4, 0.5) is 0 Å². The minimum absolute atomic E-state index is 0.00665. The van der Waals surface area contributed by atoms with Gasteiger partial charge in [-0.25, -0.2) is 4.98 Å². The molecule has 0 saturated heterocycles. The van der Waals surface area contributed by atoms with E-state index >= 15 is 0 Å². The van der Waals surface area contributed by atoms with Crippen LogP contribution in [0.5, 0.6) is 5.75 Å². The molecule has 0 spiro atoms. The maximum atomic E-state index is 12.2. The molecule has 1 aliphatic heterocycles. The van der Waals surface area contributed by atoms with Gasteiger partial charge in [0.25, 0.3) is 0 Å². The number of carbonyl (C=O) groups excluding carboxylic acids is 1. The van der Waals surface area contributed by atoms with Gasteiger partial charge >= 0.3 is 0 Å². The van der Waals surface area contributed by atoms with Crippen molar-refractivity contribution in [3.05, 3.63) is 47.0 Å².